The highest BCUT2D eigenvalue weighted by molar-refractivity contribution is 8.00. The summed E-state index contributed by atoms with van der Waals surface area (Å²) in [4.78, 5) is 18.4. The minimum atomic E-state index is -0.225. The largest absolute Gasteiger partial charge is 0.348 e. The quantitative estimate of drug-likeness (QED) is 0.688. The highest BCUT2D eigenvalue weighted by Gasteiger charge is 2.21. The molecule has 24 heavy (non-hydrogen) atoms. The van der Waals surface area contributed by atoms with Crippen molar-refractivity contribution in [2.45, 2.75) is 24.1 Å². The Hall–Kier alpha value is -2.52. The smallest absolute Gasteiger partial charge is 0.235 e. The van der Waals surface area contributed by atoms with E-state index >= 15 is 0 Å². The van der Waals surface area contributed by atoms with Crippen LogP contribution in [0.15, 0.2) is 35.4 Å². The first-order chi connectivity index (χ1) is 11.4. The number of pyridine rings is 1. The fourth-order valence-electron chi connectivity index (χ4n) is 2.74. The molecule has 122 valence electrons. The summed E-state index contributed by atoms with van der Waals surface area (Å²) in [7, 11) is 3.51. The van der Waals surface area contributed by atoms with Crippen LogP contribution in [-0.2, 0) is 4.79 Å². The van der Waals surface area contributed by atoms with Gasteiger partial charge in [-0.05, 0) is 37.6 Å². The molecule has 2 heterocycles. The number of aromatic nitrogens is 2. The molecule has 1 unspecified atom stereocenters. The summed E-state index contributed by atoms with van der Waals surface area (Å²) in [5.41, 5.74) is 3.86. The average Bonchev–Trinajstić information content (AvgIpc) is 2.93. The third-order valence-corrected chi connectivity index (χ3v) is 5.03. The normalized spacial score (nSPS) is 12.3. The van der Waals surface area contributed by atoms with Crippen molar-refractivity contribution >= 4 is 34.3 Å². The van der Waals surface area contributed by atoms with E-state index in [0.29, 0.717) is 11.2 Å². The first-order valence-electron chi connectivity index (χ1n) is 7.62. The van der Waals surface area contributed by atoms with Crippen molar-refractivity contribution in [2.24, 2.45) is 0 Å². The minimum absolute atomic E-state index is 0.0552. The Balaban J connectivity index is 2.24. The Kier molecular flexibility index (Phi) is 4.20. The zero-order valence-electron chi connectivity index (χ0n) is 14.1. The van der Waals surface area contributed by atoms with Gasteiger partial charge in [0.2, 0.25) is 5.91 Å². The number of thioether (sulfide) groups is 1. The maximum Gasteiger partial charge on any atom is 0.235 e. The highest BCUT2D eigenvalue weighted by atomic mass is 32.2. The van der Waals surface area contributed by atoms with Gasteiger partial charge in [-0.15, -0.1) is 0 Å². The molecular weight excluding hydrogens is 320 g/mol. The zero-order valence-corrected chi connectivity index (χ0v) is 14.9. The van der Waals surface area contributed by atoms with Gasteiger partial charge in [0.15, 0.2) is 5.65 Å². The highest BCUT2D eigenvalue weighted by Crippen LogP contribution is 2.31. The molecule has 0 spiro atoms. The fraction of sp³-hybridized carbons (Fsp3) is 0.278. The molecule has 2 aromatic heterocycles. The first-order valence-corrected chi connectivity index (χ1v) is 8.50. The summed E-state index contributed by atoms with van der Waals surface area (Å²) in [5.74, 6) is 0.0552. The average molecular weight is 338 g/mol. The second kappa shape index (κ2) is 6.17. The molecule has 0 aliphatic heterocycles. The third kappa shape index (κ3) is 2.61. The lowest BCUT2D eigenvalue weighted by Crippen LogP contribution is -2.29. The lowest BCUT2D eigenvalue weighted by Gasteiger charge is -2.17. The van der Waals surface area contributed by atoms with Crippen molar-refractivity contribution in [3.8, 4) is 6.07 Å². The number of hydrogen-bond acceptors (Lipinski definition) is 4. The summed E-state index contributed by atoms with van der Waals surface area (Å²) in [5, 5.41) is 10.2. The van der Waals surface area contributed by atoms with E-state index in [-0.39, 0.29) is 11.2 Å². The molecule has 0 fully saturated rings. The third-order valence-electron chi connectivity index (χ3n) is 3.94. The second-order valence-corrected chi connectivity index (χ2v) is 7.27. The molecule has 5 nitrogen and oxygen atoms in total. The molecule has 1 amide bonds. The van der Waals surface area contributed by atoms with E-state index in [1.807, 2.05) is 48.6 Å². The topological polar surface area (TPSA) is 61.4 Å². The van der Waals surface area contributed by atoms with Gasteiger partial charge in [0.1, 0.15) is 6.07 Å². The van der Waals surface area contributed by atoms with Gasteiger partial charge >= 0.3 is 0 Å². The number of amides is 1. The van der Waals surface area contributed by atoms with Crippen LogP contribution in [0.4, 0.5) is 0 Å². The molecular formula is C18H18N4OS. The zero-order chi connectivity index (χ0) is 17.4. The Labute approximate surface area is 144 Å². The fourth-order valence-corrected chi connectivity index (χ4v) is 3.94. The van der Waals surface area contributed by atoms with Crippen LogP contribution < -0.4 is 0 Å². The van der Waals surface area contributed by atoms with E-state index in [9.17, 15) is 10.1 Å². The predicted molar refractivity (Wildman–Crippen MR) is 96.2 cm³/mol. The molecule has 0 N–H and O–H groups in total. The summed E-state index contributed by atoms with van der Waals surface area (Å²) in [6.07, 6.45) is 0. The molecule has 0 aliphatic carbocycles. The van der Waals surface area contributed by atoms with Crippen LogP contribution in [0.1, 0.15) is 18.1 Å². The van der Waals surface area contributed by atoms with E-state index in [4.69, 9.17) is 0 Å². The number of carbonyl (C=O) groups is 1. The molecule has 1 aromatic carbocycles. The Morgan fingerprint density at radius 2 is 2.08 bits per heavy atom. The van der Waals surface area contributed by atoms with Crippen molar-refractivity contribution in [3.05, 3.63) is 41.5 Å². The summed E-state index contributed by atoms with van der Waals surface area (Å²) in [6, 6.07) is 12.0. The lowest BCUT2D eigenvalue weighted by molar-refractivity contribution is -0.127. The SMILES string of the molecule is Cc1cc(SC(C)C(=O)N(C)C)n2c(nc3ccccc32)c1C#N. The Morgan fingerprint density at radius 1 is 1.38 bits per heavy atom. The molecule has 0 saturated heterocycles. The van der Waals surface area contributed by atoms with Gasteiger partial charge in [0.05, 0.1) is 26.9 Å². The van der Waals surface area contributed by atoms with Crippen molar-refractivity contribution < 1.29 is 4.79 Å². The number of fused-ring (bicyclic) bond motifs is 3. The monoisotopic (exact) mass is 338 g/mol. The summed E-state index contributed by atoms with van der Waals surface area (Å²) in [6.45, 7) is 3.80. The summed E-state index contributed by atoms with van der Waals surface area (Å²) >= 11 is 1.48. The van der Waals surface area contributed by atoms with E-state index in [0.717, 1.165) is 21.6 Å². The Morgan fingerprint density at radius 3 is 2.75 bits per heavy atom. The van der Waals surface area contributed by atoms with Gasteiger partial charge in [-0.1, -0.05) is 23.9 Å². The molecule has 3 aromatic rings. The van der Waals surface area contributed by atoms with E-state index in [1.165, 1.54) is 11.8 Å². The van der Waals surface area contributed by atoms with Crippen molar-refractivity contribution in [1.82, 2.24) is 14.3 Å². The Bertz CT molecular complexity index is 984. The van der Waals surface area contributed by atoms with Crippen LogP contribution in [0.5, 0.6) is 0 Å². The maximum absolute atomic E-state index is 12.2. The van der Waals surface area contributed by atoms with Crippen molar-refractivity contribution in [1.29, 1.82) is 5.26 Å². The van der Waals surface area contributed by atoms with Gasteiger partial charge in [0.25, 0.3) is 0 Å². The van der Waals surface area contributed by atoms with Crippen LogP contribution in [0.2, 0.25) is 0 Å². The number of para-hydroxylation sites is 2. The maximum atomic E-state index is 12.2. The first kappa shape index (κ1) is 16.3. The van der Waals surface area contributed by atoms with E-state index in [1.54, 1.807) is 19.0 Å². The molecule has 6 heteroatoms. The van der Waals surface area contributed by atoms with E-state index < -0.39 is 0 Å². The number of rotatable bonds is 3. The number of imidazole rings is 1. The number of carbonyl (C=O) groups excluding carboxylic acids is 1. The number of benzene rings is 1. The van der Waals surface area contributed by atoms with Gasteiger partial charge in [-0.25, -0.2) is 4.98 Å². The second-order valence-electron chi connectivity index (χ2n) is 5.90. The molecule has 3 rings (SSSR count). The lowest BCUT2D eigenvalue weighted by atomic mass is 10.2. The number of aryl methyl sites for hydroxylation is 1. The van der Waals surface area contributed by atoms with Crippen LogP contribution >= 0.6 is 11.8 Å². The van der Waals surface area contributed by atoms with Crippen molar-refractivity contribution in [2.75, 3.05) is 14.1 Å². The predicted octanol–water partition coefficient (Wildman–Crippen LogP) is 3.24. The van der Waals surface area contributed by atoms with Crippen LogP contribution in [0, 0.1) is 18.3 Å². The van der Waals surface area contributed by atoms with Crippen LogP contribution in [-0.4, -0.2) is 39.5 Å². The number of hydrogen-bond donors (Lipinski definition) is 0. The van der Waals surface area contributed by atoms with E-state index in [2.05, 4.69) is 11.1 Å². The molecule has 0 saturated carbocycles. The molecule has 0 radical (unpaired) electrons. The standard InChI is InChI=1S/C18H18N4OS/c1-11-9-16(24-12(2)18(23)21(3)4)22-15-8-6-5-7-14(15)20-17(22)13(11)10-19/h5-9,12H,1-4H3. The molecule has 1 atom stereocenters. The number of nitriles is 1. The van der Waals surface area contributed by atoms with Gasteiger partial charge in [-0.2, -0.15) is 5.26 Å². The van der Waals surface area contributed by atoms with Gasteiger partial charge in [0, 0.05) is 14.1 Å². The van der Waals surface area contributed by atoms with Gasteiger partial charge < -0.3 is 4.90 Å². The van der Waals surface area contributed by atoms with Crippen LogP contribution in [0.25, 0.3) is 16.7 Å². The molecule has 0 aliphatic rings. The number of nitrogens with zero attached hydrogens (tertiary/aromatic N) is 4. The van der Waals surface area contributed by atoms with Gasteiger partial charge in [-0.3, -0.25) is 9.20 Å². The van der Waals surface area contributed by atoms with Crippen LogP contribution in [0.3, 0.4) is 0 Å². The van der Waals surface area contributed by atoms with Crippen molar-refractivity contribution in [3.63, 3.8) is 0 Å². The minimum Gasteiger partial charge on any atom is -0.348 e. The summed E-state index contributed by atoms with van der Waals surface area (Å²) < 4.78 is 1.98. The molecule has 0 bridgehead atoms.